The van der Waals surface area contributed by atoms with Gasteiger partial charge in [0.15, 0.2) is 5.03 Å². The average molecular weight is 413 g/mol. The predicted molar refractivity (Wildman–Crippen MR) is 112 cm³/mol. The number of anilines is 1. The third-order valence-electron chi connectivity index (χ3n) is 5.38. The van der Waals surface area contributed by atoms with Crippen LogP contribution in [0.2, 0.25) is 0 Å². The molecule has 29 heavy (non-hydrogen) atoms. The van der Waals surface area contributed by atoms with Crippen molar-refractivity contribution in [1.29, 1.82) is 0 Å². The van der Waals surface area contributed by atoms with Gasteiger partial charge in [-0.05, 0) is 31.2 Å². The number of hydrogen-bond acceptors (Lipinski definition) is 4. The van der Waals surface area contributed by atoms with Crippen LogP contribution in [0.4, 0.5) is 5.69 Å². The maximum absolute atomic E-state index is 12.9. The van der Waals surface area contributed by atoms with E-state index in [1.165, 1.54) is 16.8 Å². The number of hydrogen-bond donors (Lipinski definition) is 1. The lowest BCUT2D eigenvalue weighted by atomic mass is 9.98. The summed E-state index contributed by atoms with van der Waals surface area (Å²) in [6, 6.07) is 13.6. The summed E-state index contributed by atoms with van der Waals surface area (Å²) in [4.78, 5) is 17.0. The van der Waals surface area contributed by atoms with E-state index in [-0.39, 0.29) is 17.5 Å². The van der Waals surface area contributed by atoms with Crippen molar-refractivity contribution in [3.8, 4) is 0 Å². The Morgan fingerprint density at radius 1 is 1.21 bits per heavy atom. The first kappa shape index (κ1) is 19.6. The number of nitrogens with one attached hydrogen (secondary N) is 1. The predicted octanol–water partition coefficient (Wildman–Crippen LogP) is 3.10. The van der Waals surface area contributed by atoms with Gasteiger partial charge in [-0.15, -0.1) is 0 Å². The topological polar surface area (TPSA) is 84.3 Å². The van der Waals surface area contributed by atoms with E-state index in [4.69, 9.17) is 0 Å². The van der Waals surface area contributed by atoms with E-state index < -0.39 is 15.9 Å². The summed E-state index contributed by atoms with van der Waals surface area (Å²) in [6.07, 6.45) is 4.35. The van der Waals surface area contributed by atoms with Crippen molar-refractivity contribution in [2.24, 2.45) is 5.92 Å². The maximum atomic E-state index is 12.9. The van der Waals surface area contributed by atoms with Crippen LogP contribution in [0.15, 0.2) is 60.0 Å². The molecular formula is C21H24N4O3S. The molecule has 1 fully saturated rings. The first-order chi connectivity index (χ1) is 14.0. The van der Waals surface area contributed by atoms with E-state index in [2.05, 4.69) is 10.3 Å². The van der Waals surface area contributed by atoms with Crippen LogP contribution in [-0.4, -0.2) is 41.3 Å². The minimum Gasteiger partial charge on any atom is -0.336 e. The van der Waals surface area contributed by atoms with Gasteiger partial charge < -0.3 is 9.88 Å². The Labute approximate surface area is 170 Å². The molecule has 3 aromatic rings. The van der Waals surface area contributed by atoms with Crippen LogP contribution in [-0.2, 0) is 21.4 Å². The highest BCUT2D eigenvalue weighted by Crippen LogP contribution is 2.27. The lowest BCUT2D eigenvalue weighted by Gasteiger charge is -2.30. The van der Waals surface area contributed by atoms with Crippen molar-refractivity contribution in [2.75, 3.05) is 18.4 Å². The number of imidazole rings is 1. The van der Waals surface area contributed by atoms with Crippen molar-refractivity contribution in [3.63, 3.8) is 0 Å². The van der Waals surface area contributed by atoms with E-state index in [0.29, 0.717) is 25.9 Å². The third kappa shape index (κ3) is 3.90. The lowest BCUT2D eigenvalue weighted by Crippen LogP contribution is -2.43. The SMILES string of the molecule is CCn1cnc(S(=O)(=O)N2CCC[C@H](C(=O)Nc3cccc4ccccc34)C2)c1. The van der Waals surface area contributed by atoms with Crippen molar-refractivity contribution in [2.45, 2.75) is 31.3 Å². The molecule has 1 amide bonds. The van der Waals surface area contributed by atoms with E-state index in [1.54, 1.807) is 4.57 Å². The summed E-state index contributed by atoms with van der Waals surface area (Å²) >= 11 is 0. The molecule has 1 atom stereocenters. The summed E-state index contributed by atoms with van der Waals surface area (Å²) in [5.74, 6) is -0.550. The van der Waals surface area contributed by atoms with E-state index in [9.17, 15) is 13.2 Å². The largest absolute Gasteiger partial charge is 0.336 e. The molecule has 0 spiro atoms. The van der Waals surface area contributed by atoms with Crippen molar-refractivity contribution < 1.29 is 13.2 Å². The molecular weight excluding hydrogens is 388 g/mol. The maximum Gasteiger partial charge on any atom is 0.262 e. The zero-order chi connectivity index (χ0) is 20.4. The van der Waals surface area contributed by atoms with Crippen molar-refractivity contribution >= 4 is 32.4 Å². The number of sulfonamides is 1. The minimum atomic E-state index is -3.70. The number of aromatic nitrogens is 2. The summed E-state index contributed by atoms with van der Waals surface area (Å²) in [5.41, 5.74) is 0.745. The molecule has 0 saturated carbocycles. The molecule has 7 nitrogen and oxygen atoms in total. The number of benzene rings is 2. The number of carbonyl (C=O) groups excluding carboxylic acids is 1. The van der Waals surface area contributed by atoms with Gasteiger partial charge >= 0.3 is 0 Å². The lowest BCUT2D eigenvalue weighted by molar-refractivity contribution is -0.120. The molecule has 0 bridgehead atoms. The molecule has 1 N–H and O–H groups in total. The molecule has 4 rings (SSSR count). The number of piperidine rings is 1. The van der Waals surface area contributed by atoms with Gasteiger partial charge in [0.2, 0.25) is 5.91 Å². The smallest absolute Gasteiger partial charge is 0.262 e. The quantitative estimate of drug-likeness (QED) is 0.698. The first-order valence-electron chi connectivity index (χ1n) is 9.79. The third-order valence-corrected chi connectivity index (χ3v) is 7.13. The van der Waals surface area contributed by atoms with Gasteiger partial charge in [0.05, 0.1) is 12.2 Å². The molecule has 152 valence electrons. The second-order valence-electron chi connectivity index (χ2n) is 7.26. The Bertz CT molecular complexity index is 1130. The fourth-order valence-corrected chi connectivity index (χ4v) is 5.18. The Balaban J connectivity index is 1.51. The Kier molecular flexibility index (Phi) is 5.38. The molecule has 0 unspecified atom stereocenters. The van der Waals surface area contributed by atoms with Gasteiger partial charge in [-0.2, -0.15) is 4.31 Å². The van der Waals surface area contributed by atoms with Crippen LogP contribution >= 0.6 is 0 Å². The van der Waals surface area contributed by atoms with Crippen LogP contribution in [0.3, 0.4) is 0 Å². The van der Waals surface area contributed by atoms with Gasteiger partial charge in [-0.1, -0.05) is 36.4 Å². The normalized spacial score (nSPS) is 18.0. The highest BCUT2D eigenvalue weighted by molar-refractivity contribution is 7.89. The number of aryl methyl sites for hydroxylation is 1. The number of amides is 1. The molecule has 0 aliphatic carbocycles. The first-order valence-corrected chi connectivity index (χ1v) is 11.2. The summed E-state index contributed by atoms with van der Waals surface area (Å²) < 4.78 is 29.0. The van der Waals surface area contributed by atoms with E-state index >= 15 is 0 Å². The molecule has 8 heteroatoms. The van der Waals surface area contributed by atoms with Crippen LogP contribution in [0.5, 0.6) is 0 Å². The monoisotopic (exact) mass is 412 g/mol. The molecule has 1 aliphatic rings. The fourth-order valence-electron chi connectivity index (χ4n) is 3.72. The highest BCUT2D eigenvalue weighted by atomic mass is 32.2. The van der Waals surface area contributed by atoms with Gasteiger partial charge in [0.25, 0.3) is 10.0 Å². The fraction of sp³-hybridized carbons (Fsp3) is 0.333. The van der Waals surface area contributed by atoms with Crippen LogP contribution in [0.25, 0.3) is 10.8 Å². The van der Waals surface area contributed by atoms with Gasteiger partial charge in [-0.25, -0.2) is 13.4 Å². The Morgan fingerprint density at radius 2 is 2.00 bits per heavy atom. The van der Waals surface area contributed by atoms with Crippen LogP contribution < -0.4 is 5.32 Å². The standard InChI is InChI=1S/C21H24N4O3S/c1-2-24-14-20(22-15-24)29(27,28)25-12-6-9-17(13-25)21(26)23-19-11-5-8-16-7-3-4-10-18(16)19/h3-5,7-8,10-11,14-15,17H,2,6,9,12-13H2,1H3,(H,23,26)/t17-/m0/s1. The molecule has 2 aromatic carbocycles. The van der Waals surface area contributed by atoms with E-state index in [1.807, 2.05) is 49.4 Å². The molecule has 2 heterocycles. The number of rotatable bonds is 5. The number of carbonyl (C=O) groups is 1. The number of nitrogens with zero attached hydrogens (tertiary/aromatic N) is 3. The van der Waals surface area contributed by atoms with Gasteiger partial charge in [-0.3, -0.25) is 4.79 Å². The summed E-state index contributed by atoms with van der Waals surface area (Å²) in [6.45, 7) is 3.14. The highest BCUT2D eigenvalue weighted by Gasteiger charge is 2.34. The van der Waals surface area contributed by atoms with E-state index in [0.717, 1.165) is 16.5 Å². The molecule has 0 radical (unpaired) electrons. The average Bonchev–Trinajstić information content (AvgIpc) is 3.24. The minimum absolute atomic E-state index is 0.0365. The zero-order valence-electron chi connectivity index (χ0n) is 16.3. The second-order valence-corrected chi connectivity index (χ2v) is 9.15. The van der Waals surface area contributed by atoms with Crippen molar-refractivity contribution in [1.82, 2.24) is 13.9 Å². The van der Waals surface area contributed by atoms with Gasteiger partial charge in [0.1, 0.15) is 0 Å². The zero-order valence-corrected chi connectivity index (χ0v) is 17.1. The molecule has 1 aromatic heterocycles. The summed E-state index contributed by atoms with van der Waals surface area (Å²) in [5, 5.41) is 5.05. The van der Waals surface area contributed by atoms with Crippen molar-refractivity contribution in [3.05, 3.63) is 55.0 Å². The summed E-state index contributed by atoms with van der Waals surface area (Å²) in [7, 11) is -3.70. The number of fused-ring (bicyclic) bond motifs is 1. The van der Waals surface area contributed by atoms with Crippen LogP contribution in [0, 0.1) is 5.92 Å². The van der Waals surface area contributed by atoms with Crippen LogP contribution in [0.1, 0.15) is 19.8 Å². The Morgan fingerprint density at radius 3 is 2.79 bits per heavy atom. The van der Waals surface area contributed by atoms with Gasteiger partial charge in [0, 0.05) is 36.9 Å². The second kappa shape index (κ2) is 7.96. The molecule has 1 saturated heterocycles. The Hall–Kier alpha value is -2.71. The molecule has 1 aliphatic heterocycles.